The SMILES string of the molecule is CC(Nc1cc(F)c(F)c(F)c1)c1cccc(C#N)c1. The Morgan fingerprint density at radius 1 is 1.10 bits per heavy atom. The van der Waals surface area contributed by atoms with Crippen LogP contribution in [0.4, 0.5) is 18.9 Å². The molecule has 0 aromatic heterocycles. The standard InChI is InChI=1S/C15H11F3N2/c1-9(11-4-2-3-10(5-11)8-19)20-12-6-13(16)15(18)14(17)7-12/h2-7,9,20H,1H3. The van der Waals surface area contributed by atoms with E-state index >= 15 is 0 Å². The zero-order valence-electron chi connectivity index (χ0n) is 10.6. The van der Waals surface area contributed by atoms with Gasteiger partial charge in [0, 0.05) is 23.9 Å². The molecule has 0 aliphatic carbocycles. The summed E-state index contributed by atoms with van der Waals surface area (Å²) in [6.07, 6.45) is 0. The van der Waals surface area contributed by atoms with Gasteiger partial charge in [-0.15, -0.1) is 0 Å². The predicted octanol–water partition coefficient (Wildman–Crippen LogP) is 4.15. The lowest BCUT2D eigenvalue weighted by molar-refractivity contribution is 0.447. The van der Waals surface area contributed by atoms with Gasteiger partial charge in [0.05, 0.1) is 11.6 Å². The van der Waals surface area contributed by atoms with Crippen LogP contribution in [0.2, 0.25) is 0 Å². The van der Waals surface area contributed by atoms with Gasteiger partial charge >= 0.3 is 0 Å². The number of hydrogen-bond acceptors (Lipinski definition) is 2. The van der Waals surface area contributed by atoms with Gasteiger partial charge in [0.2, 0.25) is 0 Å². The van der Waals surface area contributed by atoms with Gasteiger partial charge in [-0.3, -0.25) is 0 Å². The van der Waals surface area contributed by atoms with Crippen molar-refractivity contribution in [3.8, 4) is 6.07 Å². The molecule has 1 N–H and O–H groups in total. The summed E-state index contributed by atoms with van der Waals surface area (Å²) < 4.78 is 39.1. The quantitative estimate of drug-likeness (QED) is 0.855. The van der Waals surface area contributed by atoms with E-state index in [2.05, 4.69) is 5.32 Å². The zero-order valence-corrected chi connectivity index (χ0v) is 10.6. The first-order valence-electron chi connectivity index (χ1n) is 5.92. The molecule has 2 aromatic carbocycles. The second kappa shape index (κ2) is 5.66. The molecule has 20 heavy (non-hydrogen) atoms. The van der Waals surface area contributed by atoms with E-state index in [1.807, 2.05) is 6.07 Å². The third-order valence-corrected chi connectivity index (χ3v) is 2.88. The molecule has 0 heterocycles. The van der Waals surface area contributed by atoms with E-state index in [0.717, 1.165) is 17.7 Å². The topological polar surface area (TPSA) is 35.8 Å². The molecule has 2 rings (SSSR count). The monoisotopic (exact) mass is 276 g/mol. The molecule has 0 radical (unpaired) electrons. The van der Waals surface area contributed by atoms with Crippen LogP contribution in [0.25, 0.3) is 0 Å². The maximum absolute atomic E-state index is 13.1. The van der Waals surface area contributed by atoms with Crippen LogP contribution in [0.5, 0.6) is 0 Å². The molecule has 2 aromatic rings. The lowest BCUT2D eigenvalue weighted by atomic mass is 10.1. The summed E-state index contributed by atoms with van der Waals surface area (Å²) in [4.78, 5) is 0. The highest BCUT2D eigenvalue weighted by Crippen LogP contribution is 2.23. The van der Waals surface area contributed by atoms with E-state index < -0.39 is 17.5 Å². The van der Waals surface area contributed by atoms with Gasteiger partial charge in [-0.1, -0.05) is 12.1 Å². The van der Waals surface area contributed by atoms with E-state index in [-0.39, 0.29) is 11.7 Å². The van der Waals surface area contributed by atoms with Crippen molar-refractivity contribution < 1.29 is 13.2 Å². The lowest BCUT2D eigenvalue weighted by Gasteiger charge is -2.16. The van der Waals surface area contributed by atoms with Gasteiger partial charge in [-0.25, -0.2) is 13.2 Å². The van der Waals surface area contributed by atoms with Crippen LogP contribution >= 0.6 is 0 Å². The van der Waals surface area contributed by atoms with E-state index in [0.29, 0.717) is 5.56 Å². The van der Waals surface area contributed by atoms with E-state index in [9.17, 15) is 13.2 Å². The Morgan fingerprint density at radius 2 is 1.75 bits per heavy atom. The summed E-state index contributed by atoms with van der Waals surface area (Å²) in [5.74, 6) is -3.98. The summed E-state index contributed by atoms with van der Waals surface area (Å²) in [7, 11) is 0. The summed E-state index contributed by atoms with van der Waals surface area (Å²) in [5, 5.41) is 11.7. The van der Waals surface area contributed by atoms with E-state index in [1.54, 1.807) is 31.2 Å². The van der Waals surface area contributed by atoms with Crippen molar-refractivity contribution in [2.75, 3.05) is 5.32 Å². The third kappa shape index (κ3) is 2.91. The average Bonchev–Trinajstić information content (AvgIpc) is 2.44. The number of hydrogen-bond donors (Lipinski definition) is 1. The fourth-order valence-corrected chi connectivity index (χ4v) is 1.85. The second-order valence-corrected chi connectivity index (χ2v) is 4.36. The number of benzene rings is 2. The smallest absolute Gasteiger partial charge is 0.194 e. The molecule has 0 saturated carbocycles. The van der Waals surface area contributed by atoms with Crippen LogP contribution in [0.15, 0.2) is 36.4 Å². The Morgan fingerprint density at radius 3 is 2.35 bits per heavy atom. The fourth-order valence-electron chi connectivity index (χ4n) is 1.85. The molecule has 102 valence electrons. The van der Waals surface area contributed by atoms with Crippen LogP contribution in [0.3, 0.4) is 0 Å². The number of rotatable bonds is 3. The maximum Gasteiger partial charge on any atom is 0.194 e. The highest BCUT2D eigenvalue weighted by Gasteiger charge is 2.12. The first kappa shape index (κ1) is 13.9. The van der Waals surface area contributed by atoms with Gasteiger partial charge in [0.15, 0.2) is 17.5 Å². The summed E-state index contributed by atoms with van der Waals surface area (Å²) in [6.45, 7) is 1.77. The van der Waals surface area contributed by atoms with Crippen molar-refractivity contribution in [1.82, 2.24) is 0 Å². The van der Waals surface area contributed by atoms with Crippen molar-refractivity contribution >= 4 is 5.69 Å². The summed E-state index contributed by atoms with van der Waals surface area (Å²) in [5.41, 5.74) is 1.41. The van der Waals surface area contributed by atoms with Crippen LogP contribution in [-0.2, 0) is 0 Å². The third-order valence-electron chi connectivity index (χ3n) is 2.88. The molecule has 0 bridgehead atoms. The normalized spacial score (nSPS) is 11.8. The highest BCUT2D eigenvalue weighted by atomic mass is 19.2. The van der Waals surface area contributed by atoms with Crippen LogP contribution < -0.4 is 5.32 Å². The number of halogens is 3. The molecule has 1 atom stereocenters. The number of anilines is 1. The van der Waals surface area contributed by atoms with Crippen molar-refractivity contribution in [1.29, 1.82) is 5.26 Å². The van der Waals surface area contributed by atoms with Crippen molar-refractivity contribution in [2.45, 2.75) is 13.0 Å². The molecule has 1 unspecified atom stereocenters. The molecule has 0 aliphatic rings. The van der Waals surface area contributed by atoms with Gasteiger partial charge in [-0.2, -0.15) is 5.26 Å². The molecule has 0 amide bonds. The molecule has 5 heteroatoms. The first-order chi connectivity index (χ1) is 9.51. The van der Waals surface area contributed by atoms with Gasteiger partial charge in [0.25, 0.3) is 0 Å². The number of nitriles is 1. The Balaban J connectivity index is 2.23. The van der Waals surface area contributed by atoms with E-state index in [4.69, 9.17) is 5.26 Å². The number of nitrogens with zero attached hydrogens (tertiary/aromatic N) is 1. The minimum absolute atomic E-state index is 0.135. The minimum Gasteiger partial charge on any atom is -0.378 e. The van der Waals surface area contributed by atoms with Crippen molar-refractivity contribution in [2.24, 2.45) is 0 Å². The fraction of sp³-hybridized carbons (Fsp3) is 0.133. The van der Waals surface area contributed by atoms with E-state index in [1.165, 1.54) is 0 Å². The zero-order chi connectivity index (χ0) is 14.7. The molecule has 0 spiro atoms. The Labute approximate surface area is 114 Å². The van der Waals surface area contributed by atoms with Crippen LogP contribution in [-0.4, -0.2) is 0 Å². The van der Waals surface area contributed by atoms with Crippen LogP contribution in [0.1, 0.15) is 24.1 Å². The summed E-state index contributed by atoms with van der Waals surface area (Å²) in [6, 6.07) is 10.4. The Hall–Kier alpha value is -2.48. The minimum atomic E-state index is -1.49. The molecule has 0 fully saturated rings. The van der Waals surface area contributed by atoms with Gasteiger partial charge in [0.1, 0.15) is 0 Å². The Kier molecular flexibility index (Phi) is 3.94. The molecule has 2 nitrogen and oxygen atoms in total. The molecule has 0 saturated heterocycles. The van der Waals surface area contributed by atoms with Crippen LogP contribution in [0, 0.1) is 28.8 Å². The molecular weight excluding hydrogens is 265 g/mol. The number of nitrogens with one attached hydrogen (secondary N) is 1. The molecular formula is C15H11F3N2. The first-order valence-corrected chi connectivity index (χ1v) is 5.92. The van der Waals surface area contributed by atoms with Gasteiger partial charge < -0.3 is 5.32 Å². The summed E-state index contributed by atoms with van der Waals surface area (Å²) >= 11 is 0. The van der Waals surface area contributed by atoms with Gasteiger partial charge in [-0.05, 0) is 24.6 Å². The average molecular weight is 276 g/mol. The largest absolute Gasteiger partial charge is 0.378 e. The van der Waals surface area contributed by atoms with Crippen molar-refractivity contribution in [3.63, 3.8) is 0 Å². The highest BCUT2D eigenvalue weighted by molar-refractivity contribution is 5.47. The Bertz CT molecular complexity index is 654. The van der Waals surface area contributed by atoms with Crippen molar-refractivity contribution in [3.05, 3.63) is 65.0 Å². The lowest BCUT2D eigenvalue weighted by Crippen LogP contribution is -2.08. The predicted molar refractivity (Wildman–Crippen MR) is 69.5 cm³/mol. The molecule has 0 aliphatic heterocycles. The maximum atomic E-state index is 13.1. The second-order valence-electron chi connectivity index (χ2n) is 4.36.